The molecular formula is C17H24N4OS. The van der Waals surface area contributed by atoms with Gasteiger partial charge in [-0.05, 0) is 40.9 Å². The van der Waals surface area contributed by atoms with Crippen molar-refractivity contribution in [3.05, 3.63) is 40.7 Å². The fourth-order valence-electron chi connectivity index (χ4n) is 2.40. The second-order valence-electron chi connectivity index (χ2n) is 7.22. The first-order valence-corrected chi connectivity index (χ1v) is 8.58. The lowest BCUT2D eigenvalue weighted by Crippen LogP contribution is -2.31. The van der Waals surface area contributed by atoms with Crippen molar-refractivity contribution in [2.24, 2.45) is 5.41 Å². The number of aromatic nitrogens is 3. The number of amides is 1. The van der Waals surface area contributed by atoms with Crippen LogP contribution in [-0.4, -0.2) is 20.5 Å². The average molecular weight is 332 g/mol. The van der Waals surface area contributed by atoms with Crippen LogP contribution >= 0.6 is 11.5 Å². The van der Waals surface area contributed by atoms with E-state index >= 15 is 0 Å². The number of nitrogens with zero attached hydrogens (tertiary/aromatic N) is 3. The molecule has 1 atom stereocenters. The van der Waals surface area contributed by atoms with Crippen LogP contribution in [0.2, 0.25) is 0 Å². The molecule has 0 aliphatic carbocycles. The predicted octanol–water partition coefficient (Wildman–Crippen LogP) is 3.96. The SMILES string of the molecule is CC(C)c1nnsc1C(=O)NC(CC(C)(C)C)c1cccnc1. The van der Waals surface area contributed by atoms with Gasteiger partial charge in [0.25, 0.3) is 5.91 Å². The Morgan fingerprint density at radius 3 is 2.65 bits per heavy atom. The second kappa shape index (κ2) is 7.17. The number of pyridine rings is 1. The molecule has 2 aromatic rings. The van der Waals surface area contributed by atoms with Crippen LogP contribution in [0.15, 0.2) is 24.5 Å². The minimum atomic E-state index is -0.109. The van der Waals surface area contributed by atoms with Crippen molar-refractivity contribution in [2.75, 3.05) is 0 Å². The lowest BCUT2D eigenvalue weighted by molar-refractivity contribution is 0.0929. The molecule has 124 valence electrons. The molecule has 5 nitrogen and oxygen atoms in total. The zero-order valence-electron chi connectivity index (χ0n) is 14.3. The fraction of sp³-hybridized carbons (Fsp3) is 0.529. The van der Waals surface area contributed by atoms with Crippen molar-refractivity contribution in [3.63, 3.8) is 0 Å². The monoisotopic (exact) mass is 332 g/mol. The number of hydrogen-bond acceptors (Lipinski definition) is 5. The lowest BCUT2D eigenvalue weighted by atomic mass is 9.86. The molecule has 23 heavy (non-hydrogen) atoms. The zero-order chi connectivity index (χ0) is 17.0. The Labute approximate surface area is 141 Å². The van der Waals surface area contributed by atoms with Gasteiger partial charge >= 0.3 is 0 Å². The molecule has 1 unspecified atom stereocenters. The van der Waals surface area contributed by atoms with Gasteiger partial charge < -0.3 is 5.32 Å². The topological polar surface area (TPSA) is 67.8 Å². The summed E-state index contributed by atoms with van der Waals surface area (Å²) in [6, 6.07) is 3.81. The molecule has 0 bridgehead atoms. The third kappa shape index (κ3) is 4.82. The maximum absolute atomic E-state index is 12.7. The quantitative estimate of drug-likeness (QED) is 0.900. The van der Waals surface area contributed by atoms with Crippen molar-refractivity contribution in [3.8, 4) is 0 Å². The minimum absolute atomic E-state index is 0.0839. The summed E-state index contributed by atoms with van der Waals surface area (Å²) in [5.74, 6) is 0.0655. The summed E-state index contributed by atoms with van der Waals surface area (Å²) in [5.41, 5.74) is 1.85. The van der Waals surface area contributed by atoms with Crippen LogP contribution in [-0.2, 0) is 0 Å². The third-order valence-electron chi connectivity index (χ3n) is 3.48. The Bertz CT molecular complexity index is 646. The first kappa shape index (κ1) is 17.5. The van der Waals surface area contributed by atoms with Gasteiger partial charge in [0.15, 0.2) is 0 Å². The van der Waals surface area contributed by atoms with E-state index in [1.807, 2.05) is 32.2 Å². The Hall–Kier alpha value is -1.82. The van der Waals surface area contributed by atoms with Gasteiger partial charge in [0, 0.05) is 12.4 Å². The van der Waals surface area contributed by atoms with Gasteiger partial charge in [-0.25, -0.2) is 0 Å². The average Bonchev–Trinajstić information content (AvgIpc) is 2.96. The molecule has 0 saturated carbocycles. The van der Waals surface area contributed by atoms with Gasteiger partial charge in [-0.15, -0.1) is 5.10 Å². The van der Waals surface area contributed by atoms with E-state index in [9.17, 15) is 4.79 Å². The summed E-state index contributed by atoms with van der Waals surface area (Å²) >= 11 is 1.15. The van der Waals surface area contributed by atoms with E-state index in [-0.39, 0.29) is 23.3 Å². The maximum atomic E-state index is 12.7. The highest BCUT2D eigenvalue weighted by molar-refractivity contribution is 7.08. The smallest absolute Gasteiger partial charge is 0.265 e. The Kier molecular flexibility index (Phi) is 5.46. The van der Waals surface area contributed by atoms with E-state index in [2.05, 4.69) is 40.7 Å². The Morgan fingerprint density at radius 1 is 1.35 bits per heavy atom. The lowest BCUT2D eigenvalue weighted by Gasteiger charge is -2.27. The van der Waals surface area contributed by atoms with Crippen molar-refractivity contribution < 1.29 is 4.79 Å². The van der Waals surface area contributed by atoms with E-state index in [1.54, 1.807) is 6.20 Å². The van der Waals surface area contributed by atoms with Gasteiger partial charge in [0.05, 0.1) is 11.7 Å². The largest absolute Gasteiger partial charge is 0.344 e. The standard InChI is InChI=1S/C17H24N4OS/c1-11(2)14-15(23-21-20-14)16(22)19-13(9-17(3,4)5)12-7-6-8-18-10-12/h6-8,10-11,13H,9H2,1-5H3,(H,19,22). The highest BCUT2D eigenvalue weighted by Crippen LogP contribution is 2.30. The summed E-state index contributed by atoms with van der Waals surface area (Å²) in [5, 5.41) is 7.23. The van der Waals surface area contributed by atoms with Crippen molar-refractivity contribution in [1.29, 1.82) is 0 Å². The van der Waals surface area contributed by atoms with Gasteiger partial charge in [-0.1, -0.05) is 45.2 Å². The number of nitrogens with one attached hydrogen (secondary N) is 1. The first-order chi connectivity index (χ1) is 10.8. The fourth-order valence-corrected chi connectivity index (χ4v) is 3.13. The van der Waals surface area contributed by atoms with Crippen molar-refractivity contribution in [2.45, 2.75) is 53.0 Å². The summed E-state index contributed by atoms with van der Waals surface area (Å²) in [4.78, 5) is 17.5. The summed E-state index contributed by atoms with van der Waals surface area (Å²) in [6.45, 7) is 10.5. The third-order valence-corrected chi connectivity index (χ3v) is 4.22. The van der Waals surface area contributed by atoms with Crippen LogP contribution in [0.25, 0.3) is 0 Å². The molecule has 2 rings (SSSR count). The predicted molar refractivity (Wildman–Crippen MR) is 92.5 cm³/mol. The molecule has 0 aromatic carbocycles. The minimum Gasteiger partial charge on any atom is -0.344 e. The van der Waals surface area contributed by atoms with E-state index < -0.39 is 0 Å². The molecule has 1 N–H and O–H groups in total. The van der Waals surface area contributed by atoms with Crippen LogP contribution in [0.1, 0.15) is 73.9 Å². The summed E-state index contributed by atoms with van der Waals surface area (Å²) in [7, 11) is 0. The van der Waals surface area contributed by atoms with E-state index in [0.717, 1.165) is 29.2 Å². The van der Waals surface area contributed by atoms with Crippen LogP contribution in [0.3, 0.4) is 0 Å². The molecule has 0 radical (unpaired) electrons. The first-order valence-electron chi connectivity index (χ1n) is 7.81. The van der Waals surface area contributed by atoms with Gasteiger partial charge in [0.1, 0.15) is 4.88 Å². The molecule has 0 fully saturated rings. The highest BCUT2D eigenvalue weighted by atomic mass is 32.1. The number of hydrogen-bond donors (Lipinski definition) is 1. The molecule has 0 aliphatic rings. The van der Waals surface area contributed by atoms with E-state index in [1.165, 1.54) is 0 Å². The number of carbonyl (C=O) groups is 1. The van der Waals surface area contributed by atoms with E-state index in [4.69, 9.17) is 0 Å². The molecular weight excluding hydrogens is 308 g/mol. The maximum Gasteiger partial charge on any atom is 0.265 e. The van der Waals surface area contributed by atoms with E-state index in [0.29, 0.717) is 4.88 Å². The Morgan fingerprint density at radius 2 is 2.09 bits per heavy atom. The van der Waals surface area contributed by atoms with Crippen LogP contribution in [0.4, 0.5) is 0 Å². The Balaban J connectivity index is 2.23. The molecule has 1 amide bonds. The summed E-state index contributed by atoms with van der Waals surface area (Å²) < 4.78 is 3.94. The molecule has 6 heteroatoms. The number of rotatable bonds is 5. The number of carbonyl (C=O) groups excluding carboxylic acids is 1. The molecule has 0 spiro atoms. The normalized spacial score (nSPS) is 13.1. The molecule has 2 heterocycles. The zero-order valence-corrected chi connectivity index (χ0v) is 15.1. The second-order valence-corrected chi connectivity index (χ2v) is 7.97. The van der Waals surface area contributed by atoms with Crippen LogP contribution in [0, 0.1) is 5.41 Å². The highest BCUT2D eigenvalue weighted by Gasteiger charge is 2.25. The molecule has 2 aromatic heterocycles. The van der Waals surface area contributed by atoms with Gasteiger partial charge in [0.2, 0.25) is 0 Å². The summed E-state index contributed by atoms with van der Waals surface area (Å²) in [6.07, 6.45) is 4.38. The van der Waals surface area contributed by atoms with Gasteiger partial charge in [-0.3, -0.25) is 9.78 Å². The van der Waals surface area contributed by atoms with Crippen LogP contribution in [0.5, 0.6) is 0 Å². The van der Waals surface area contributed by atoms with Gasteiger partial charge in [-0.2, -0.15) is 0 Å². The van der Waals surface area contributed by atoms with Crippen LogP contribution < -0.4 is 5.32 Å². The van der Waals surface area contributed by atoms with Crippen molar-refractivity contribution >= 4 is 17.4 Å². The van der Waals surface area contributed by atoms with Crippen molar-refractivity contribution in [1.82, 2.24) is 19.9 Å². The molecule has 0 aliphatic heterocycles. The molecule has 0 saturated heterocycles.